The van der Waals surface area contributed by atoms with E-state index in [0.717, 1.165) is 35.7 Å². The Hall–Kier alpha value is -1.35. The van der Waals surface area contributed by atoms with Gasteiger partial charge in [0.05, 0.1) is 5.75 Å². The minimum absolute atomic E-state index is 0.00782. The molecule has 23 heavy (non-hydrogen) atoms. The van der Waals surface area contributed by atoms with Gasteiger partial charge in [-0.1, -0.05) is 30.0 Å². The second-order valence-electron chi connectivity index (χ2n) is 5.58. The third-order valence-corrected chi connectivity index (χ3v) is 5.49. The lowest BCUT2D eigenvalue weighted by Gasteiger charge is -2.34. The van der Waals surface area contributed by atoms with Gasteiger partial charge in [0.1, 0.15) is 0 Å². The number of carbonyl (C=O) groups excluding carboxylic acids is 2. The number of hydrogen-bond donors (Lipinski definition) is 1. The molecule has 1 fully saturated rings. The fourth-order valence-electron chi connectivity index (χ4n) is 2.25. The van der Waals surface area contributed by atoms with Gasteiger partial charge in [0.15, 0.2) is 4.34 Å². The average Bonchev–Trinajstić information content (AvgIpc) is 3.00. The Morgan fingerprint density at radius 1 is 1.26 bits per heavy atom. The van der Waals surface area contributed by atoms with Crippen molar-refractivity contribution in [2.75, 3.05) is 36.8 Å². The van der Waals surface area contributed by atoms with Crippen LogP contribution >= 0.6 is 23.1 Å². The molecule has 0 unspecified atom stereocenters. The Bertz CT molecular complexity index is 541. The van der Waals surface area contributed by atoms with E-state index in [0.29, 0.717) is 12.2 Å². The summed E-state index contributed by atoms with van der Waals surface area (Å²) >= 11 is 2.90. The molecule has 0 bridgehead atoms. The first-order chi connectivity index (χ1) is 11.0. The average molecular weight is 358 g/mol. The first-order valence-corrected chi connectivity index (χ1v) is 9.58. The van der Waals surface area contributed by atoms with Crippen LogP contribution < -0.4 is 10.2 Å². The minimum atomic E-state index is 0.00782. The number of thioether (sulfide) groups is 1. The molecule has 2 heterocycles. The third kappa shape index (κ3) is 5.35. The molecule has 128 valence electrons. The summed E-state index contributed by atoms with van der Waals surface area (Å²) in [7, 11) is 0. The van der Waals surface area contributed by atoms with Crippen molar-refractivity contribution in [2.45, 2.75) is 37.6 Å². The zero-order valence-corrected chi connectivity index (χ0v) is 15.4. The highest BCUT2D eigenvalue weighted by molar-refractivity contribution is 8.01. The van der Waals surface area contributed by atoms with Crippen LogP contribution in [0.4, 0.5) is 5.13 Å². The highest BCUT2D eigenvalue weighted by Crippen LogP contribution is 2.28. The molecule has 1 aliphatic rings. The monoisotopic (exact) mass is 357 g/mol. The van der Waals surface area contributed by atoms with Crippen molar-refractivity contribution in [3.8, 4) is 0 Å². The topological polar surface area (TPSA) is 78.4 Å². The molecule has 1 aromatic heterocycles. The van der Waals surface area contributed by atoms with Crippen LogP contribution in [0.5, 0.6) is 0 Å². The van der Waals surface area contributed by atoms with Gasteiger partial charge in [-0.3, -0.25) is 9.59 Å². The molecule has 0 aliphatic carbocycles. The number of carbonyl (C=O) groups is 2. The van der Waals surface area contributed by atoms with Crippen molar-refractivity contribution in [1.82, 2.24) is 20.4 Å². The molecule has 1 N–H and O–H groups in total. The van der Waals surface area contributed by atoms with Crippen molar-refractivity contribution >= 4 is 40.0 Å². The maximum Gasteiger partial charge on any atom is 0.230 e. The van der Waals surface area contributed by atoms with Gasteiger partial charge in [-0.15, -0.1) is 10.2 Å². The Morgan fingerprint density at radius 2 is 1.96 bits per heavy atom. The Morgan fingerprint density at radius 3 is 2.57 bits per heavy atom. The van der Waals surface area contributed by atoms with Gasteiger partial charge in [-0.25, -0.2) is 0 Å². The molecule has 9 heteroatoms. The first-order valence-electron chi connectivity index (χ1n) is 7.78. The van der Waals surface area contributed by atoms with Gasteiger partial charge in [0.25, 0.3) is 0 Å². The second kappa shape index (κ2) is 8.49. The molecule has 2 amide bonds. The van der Waals surface area contributed by atoms with Crippen molar-refractivity contribution in [2.24, 2.45) is 0 Å². The summed E-state index contributed by atoms with van der Waals surface area (Å²) in [6.45, 7) is 8.77. The number of hydrogen-bond acceptors (Lipinski definition) is 7. The molecule has 7 nitrogen and oxygen atoms in total. The minimum Gasteiger partial charge on any atom is -0.353 e. The van der Waals surface area contributed by atoms with Crippen LogP contribution in [0.15, 0.2) is 4.34 Å². The standard InChI is InChI=1S/C14H23N5O2S2/c1-4-12(21)18-5-7-19(8-6-18)13-16-17-14(23-13)22-9-11(20)15-10(2)3/h10H,4-9H2,1-3H3,(H,15,20). The van der Waals surface area contributed by atoms with E-state index in [9.17, 15) is 9.59 Å². The van der Waals surface area contributed by atoms with E-state index in [1.807, 2.05) is 25.7 Å². The van der Waals surface area contributed by atoms with E-state index in [-0.39, 0.29) is 17.9 Å². The van der Waals surface area contributed by atoms with E-state index in [1.54, 1.807) is 0 Å². The molecular formula is C14H23N5O2S2. The Labute approximate surface area is 144 Å². The lowest BCUT2D eigenvalue weighted by Crippen LogP contribution is -2.48. The zero-order chi connectivity index (χ0) is 16.8. The van der Waals surface area contributed by atoms with Crippen LogP contribution in [0, 0.1) is 0 Å². The molecule has 0 saturated carbocycles. The van der Waals surface area contributed by atoms with Gasteiger partial charge in [-0.05, 0) is 13.8 Å². The van der Waals surface area contributed by atoms with Crippen LogP contribution in [0.25, 0.3) is 0 Å². The first kappa shape index (κ1) is 18.0. The number of anilines is 1. The van der Waals surface area contributed by atoms with Gasteiger partial charge in [-0.2, -0.15) is 0 Å². The molecule has 1 aliphatic heterocycles. The van der Waals surface area contributed by atoms with E-state index in [1.165, 1.54) is 23.1 Å². The number of amides is 2. The summed E-state index contributed by atoms with van der Waals surface area (Å²) in [6.07, 6.45) is 0.554. The predicted octanol–water partition coefficient (Wildman–Crippen LogP) is 1.21. The molecule has 0 aromatic carbocycles. The molecule has 0 atom stereocenters. The zero-order valence-electron chi connectivity index (χ0n) is 13.7. The normalized spacial score (nSPS) is 15.1. The quantitative estimate of drug-likeness (QED) is 0.771. The molecular weight excluding hydrogens is 334 g/mol. The molecule has 1 aromatic rings. The van der Waals surface area contributed by atoms with Crippen LogP contribution in [0.1, 0.15) is 27.2 Å². The summed E-state index contributed by atoms with van der Waals surface area (Å²) in [6, 6.07) is 0.148. The lowest BCUT2D eigenvalue weighted by atomic mass is 10.3. The Balaban J connectivity index is 1.81. The predicted molar refractivity (Wildman–Crippen MR) is 93.0 cm³/mol. The smallest absolute Gasteiger partial charge is 0.230 e. The summed E-state index contributed by atoms with van der Waals surface area (Å²) < 4.78 is 0.797. The highest BCUT2D eigenvalue weighted by Gasteiger charge is 2.22. The van der Waals surface area contributed by atoms with E-state index in [2.05, 4.69) is 20.4 Å². The van der Waals surface area contributed by atoms with E-state index < -0.39 is 0 Å². The van der Waals surface area contributed by atoms with Crippen molar-refractivity contribution < 1.29 is 9.59 Å². The van der Waals surface area contributed by atoms with Crippen LogP contribution in [-0.4, -0.2) is 64.9 Å². The second-order valence-corrected chi connectivity index (χ2v) is 7.76. The van der Waals surface area contributed by atoms with Crippen molar-refractivity contribution in [1.29, 1.82) is 0 Å². The molecule has 0 radical (unpaired) electrons. The fourth-order valence-corrected chi connectivity index (χ4v) is 3.95. The number of nitrogens with one attached hydrogen (secondary N) is 1. The largest absolute Gasteiger partial charge is 0.353 e. The third-order valence-electron chi connectivity index (χ3n) is 3.38. The van der Waals surface area contributed by atoms with Crippen LogP contribution in [0.2, 0.25) is 0 Å². The Kier molecular flexibility index (Phi) is 6.64. The van der Waals surface area contributed by atoms with Crippen LogP contribution in [-0.2, 0) is 9.59 Å². The van der Waals surface area contributed by atoms with Gasteiger partial charge in [0, 0.05) is 38.6 Å². The number of piperazine rings is 1. The molecule has 0 spiro atoms. The summed E-state index contributed by atoms with van der Waals surface area (Å²) in [5.74, 6) is 0.564. The van der Waals surface area contributed by atoms with E-state index in [4.69, 9.17) is 0 Å². The van der Waals surface area contributed by atoms with Crippen molar-refractivity contribution in [3.63, 3.8) is 0 Å². The van der Waals surface area contributed by atoms with E-state index >= 15 is 0 Å². The van der Waals surface area contributed by atoms with Gasteiger partial charge < -0.3 is 15.1 Å². The molecule has 1 saturated heterocycles. The summed E-state index contributed by atoms with van der Waals surface area (Å²) in [4.78, 5) is 27.4. The maximum atomic E-state index is 11.7. The van der Waals surface area contributed by atoms with Gasteiger partial charge in [0.2, 0.25) is 16.9 Å². The fraction of sp³-hybridized carbons (Fsp3) is 0.714. The summed E-state index contributed by atoms with van der Waals surface area (Å²) in [5, 5.41) is 12.1. The van der Waals surface area contributed by atoms with Crippen LogP contribution in [0.3, 0.4) is 0 Å². The highest BCUT2D eigenvalue weighted by atomic mass is 32.2. The van der Waals surface area contributed by atoms with Crippen molar-refractivity contribution in [3.05, 3.63) is 0 Å². The number of nitrogens with zero attached hydrogens (tertiary/aromatic N) is 4. The molecule has 2 rings (SSSR count). The number of aromatic nitrogens is 2. The lowest BCUT2D eigenvalue weighted by molar-refractivity contribution is -0.131. The number of rotatable bonds is 6. The maximum absolute atomic E-state index is 11.7. The van der Waals surface area contributed by atoms with Gasteiger partial charge >= 0.3 is 0 Å². The SMILES string of the molecule is CCC(=O)N1CCN(c2nnc(SCC(=O)NC(C)C)s2)CC1. The summed E-state index contributed by atoms with van der Waals surface area (Å²) in [5.41, 5.74) is 0.